The van der Waals surface area contributed by atoms with Gasteiger partial charge in [-0.1, -0.05) is 13.3 Å². The van der Waals surface area contributed by atoms with Crippen molar-refractivity contribution >= 4 is 11.9 Å². The van der Waals surface area contributed by atoms with Gasteiger partial charge in [0.05, 0.1) is 11.3 Å². The summed E-state index contributed by atoms with van der Waals surface area (Å²) in [6, 6.07) is 0.343. The van der Waals surface area contributed by atoms with E-state index in [0.717, 1.165) is 12.8 Å². The first-order chi connectivity index (χ1) is 7.97. The van der Waals surface area contributed by atoms with E-state index in [9.17, 15) is 4.79 Å². The van der Waals surface area contributed by atoms with Crippen molar-refractivity contribution in [1.29, 1.82) is 0 Å². The highest BCUT2D eigenvalue weighted by Crippen LogP contribution is 2.14. The molecule has 0 aromatic carbocycles. The molecule has 0 aliphatic rings. The minimum Gasteiger partial charge on any atom is -0.478 e. The van der Waals surface area contributed by atoms with Gasteiger partial charge in [-0.25, -0.2) is 14.8 Å². The Labute approximate surface area is 102 Å². The lowest BCUT2D eigenvalue weighted by molar-refractivity contribution is 0.0695. The number of carbonyl (C=O) groups is 1. The lowest BCUT2D eigenvalue weighted by atomic mass is 10.2. The monoisotopic (exact) mass is 237 g/mol. The highest BCUT2D eigenvalue weighted by atomic mass is 16.4. The van der Waals surface area contributed by atoms with E-state index in [-0.39, 0.29) is 5.56 Å². The Morgan fingerprint density at radius 1 is 1.59 bits per heavy atom. The molecule has 94 valence electrons. The van der Waals surface area contributed by atoms with Gasteiger partial charge >= 0.3 is 5.97 Å². The van der Waals surface area contributed by atoms with Gasteiger partial charge in [0.15, 0.2) is 0 Å². The van der Waals surface area contributed by atoms with Gasteiger partial charge in [0.2, 0.25) is 5.95 Å². The number of carboxylic acids is 1. The molecule has 0 aliphatic heterocycles. The molecule has 1 unspecified atom stereocenters. The number of aryl methyl sites for hydroxylation is 1. The molecule has 1 heterocycles. The molecule has 5 nitrogen and oxygen atoms in total. The average molecular weight is 237 g/mol. The van der Waals surface area contributed by atoms with E-state index in [2.05, 4.69) is 23.8 Å². The lowest BCUT2D eigenvalue weighted by Crippen LogP contribution is -2.30. The molecular formula is C12H19N3O2. The smallest absolute Gasteiger partial charge is 0.339 e. The molecule has 0 bridgehead atoms. The first kappa shape index (κ1) is 13.4. The normalized spacial score (nSPS) is 12.2. The minimum atomic E-state index is -0.988. The summed E-state index contributed by atoms with van der Waals surface area (Å²) < 4.78 is 0. The zero-order valence-corrected chi connectivity index (χ0v) is 10.8. The number of aromatic nitrogens is 2. The topological polar surface area (TPSA) is 66.3 Å². The second kappa shape index (κ2) is 5.61. The molecule has 1 aromatic heterocycles. The van der Waals surface area contributed by atoms with Crippen LogP contribution in [0.25, 0.3) is 0 Å². The highest BCUT2D eigenvalue weighted by Gasteiger charge is 2.15. The first-order valence-electron chi connectivity index (χ1n) is 5.77. The number of nitrogens with zero attached hydrogens (tertiary/aromatic N) is 3. The molecule has 0 saturated heterocycles. The average Bonchev–Trinajstić information content (AvgIpc) is 2.27. The van der Waals surface area contributed by atoms with E-state index in [4.69, 9.17) is 5.11 Å². The number of hydrogen-bond donors (Lipinski definition) is 1. The van der Waals surface area contributed by atoms with Gasteiger partial charge in [0, 0.05) is 19.3 Å². The van der Waals surface area contributed by atoms with Crippen LogP contribution in [-0.2, 0) is 0 Å². The quantitative estimate of drug-likeness (QED) is 0.849. The fraction of sp³-hybridized carbons (Fsp3) is 0.583. The summed E-state index contributed by atoms with van der Waals surface area (Å²) in [6.07, 6.45) is 3.52. The van der Waals surface area contributed by atoms with Crippen molar-refractivity contribution in [3.05, 3.63) is 17.5 Å². The zero-order valence-electron chi connectivity index (χ0n) is 10.8. The summed E-state index contributed by atoms with van der Waals surface area (Å²) in [5, 5.41) is 8.89. The van der Waals surface area contributed by atoms with Crippen LogP contribution in [0.15, 0.2) is 6.20 Å². The molecule has 1 aromatic rings. The van der Waals surface area contributed by atoms with Crippen LogP contribution in [-0.4, -0.2) is 34.1 Å². The van der Waals surface area contributed by atoms with E-state index in [1.165, 1.54) is 6.20 Å². The summed E-state index contributed by atoms with van der Waals surface area (Å²) in [7, 11) is 1.93. The Hall–Kier alpha value is -1.65. The van der Waals surface area contributed by atoms with Crippen LogP contribution in [0.2, 0.25) is 0 Å². The predicted octanol–water partition coefficient (Wildman–Crippen LogP) is 2.11. The molecule has 5 heteroatoms. The third-order valence-electron chi connectivity index (χ3n) is 2.88. The van der Waals surface area contributed by atoms with Gasteiger partial charge in [-0.2, -0.15) is 0 Å². The van der Waals surface area contributed by atoms with Gasteiger partial charge in [0.1, 0.15) is 0 Å². The summed E-state index contributed by atoms with van der Waals surface area (Å²) in [5.74, 6) is -0.410. The molecular weight excluding hydrogens is 218 g/mol. The van der Waals surface area contributed by atoms with E-state index >= 15 is 0 Å². The molecule has 0 saturated carbocycles. The molecule has 1 N–H and O–H groups in total. The van der Waals surface area contributed by atoms with Gasteiger partial charge in [-0.15, -0.1) is 0 Å². The standard InChI is InChI=1S/C12H19N3O2/c1-5-6-8(2)15(4)12-13-7-10(11(16)17)9(3)14-12/h7-8H,5-6H2,1-4H3,(H,16,17). The highest BCUT2D eigenvalue weighted by molar-refractivity contribution is 5.88. The van der Waals surface area contributed by atoms with Crippen LogP contribution in [0, 0.1) is 6.92 Å². The maximum absolute atomic E-state index is 10.8. The van der Waals surface area contributed by atoms with Gasteiger partial charge in [-0.05, 0) is 20.3 Å². The lowest BCUT2D eigenvalue weighted by Gasteiger charge is -2.24. The van der Waals surface area contributed by atoms with Crippen molar-refractivity contribution < 1.29 is 9.90 Å². The summed E-state index contributed by atoms with van der Waals surface area (Å²) in [6.45, 7) is 5.92. The van der Waals surface area contributed by atoms with Crippen molar-refractivity contribution in [2.45, 2.75) is 39.7 Å². The number of carboxylic acid groups (broad SMARTS) is 1. The third kappa shape index (κ3) is 3.15. The Morgan fingerprint density at radius 2 is 2.24 bits per heavy atom. The number of aromatic carboxylic acids is 1. The Bertz CT molecular complexity index is 407. The van der Waals surface area contributed by atoms with Crippen LogP contribution in [0.4, 0.5) is 5.95 Å². The minimum absolute atomic E-state index is 0.158. The summed E-state index contributed by atoms with van der Waals surface area (Å²) >= 11 is 0. The van der Waals surface area contributed by atoms with Crippen LogP contribution in [0.1, 0.15) is 42.7 Å². The van der Waals surface area contributed by atoms with Crippen molar-refractivity contribution in [3.8, 4) is 0 Å². The molecule has 1 rings (SSSR count). The predicted molar refractivity (Wildman–Crippen MR) is 66.5 cm³/mol. The summed E-state index contributed by atoms with van der Waals surface area (Å²) in [4.78, 5) is 21.1. The van der Waals surface area contributed by atoms with E-state index in [0.29, 0.717) is 17.7 Å². The van der Waals surface area contributed by atoms with Crippen molar-refractivity contribution in [3.63, 3.8) is 0 Å². The molecule has 0 amide bonds. The molecule has 17 heavy (non-hydrogen) atoms. The van der Waals surface area contributed by atoms with Crippen LogP contribution < -0.4 is 4.90 Å². The van der Waals surface area contributed by atoms with Crippen LogP contribution in [0.3, 0.4) is 0 Å². The maximum Gasteiger partial charge on any atom is 0.339 e. The zero-order chi connectivity index (χ0) is 13.0. The Balaban J connectivity index is 2.93. The molecule has 0 spiro atoms. The van der Waals surface area contributed by atoms with E-state index in [1.807, 2.05) is 11.9 Å². The van der Waals surface area contributed by atoms with Crippen LogP contribution >= 0.6 is 0 Å². The number of hydrogen-bond acceptors (Lipinski definition) is 4. The van der Waals surface area contributed by atoms with Crippen molar-refractivity contribution in [2.75, 3.05) is 11.9 Å². The number of rotatable bonds is 5. The summed E-state index contributed by atoms with van der Waals surface area (Å²) in [5.41, 5.74) is 0.656. The van der Waals surface area contributed by atoms with Gasteiger partial charge < -0.3 is 10.0 Å². The van der Waals surface area contributed by atoms with Crippen molar-refractivity contribution in [2.24, 2.45) is 0 Å². The third-order valence-corrected chi connectivity index (χ3v) is 2.88. The SMILES string of the molecule is CCCC(C)N(C)c1ncc(C(=O)O)c(C)n1. The number of anilines is 1. The van der Waals surface area contributed by atoms with E-state index < -0.39 is 5.97 Å². The fourth-order valence-electron chi connectivity index (χ4n) is 1.64. The second-order valence-corrected chi connectivity index (χ2v) is 4.22. The maximum atomic E-state index is 10.8. The first-order valence-corrected chi connectivity index (χ1v) is 5.77. The second-order valence-electron chi connectivity index (χ2n) is 4.22. The molecule has 0 radical (unpaired) electrons. The van der Waals surface area contributed by atoms with Gasteiger partial charge in [-0.3, -0.25) is 0 Å². The molecule has 1 atom stereocenters. The Kier molecular flexibility index (Phi) is 4.43. The fourth-order valence-corrected chi connectivity index (χ4v) is 1.64. The molecule has 0 aliphatic carbocycles. The van der Waals surface area contributed by atoms with E-state index in [1.54, 1.807) is 6.92 Å². The molecule has 0 fully saturated rings. The largest absolute Gasteiger partial charge is 0.478 e. The van der Waals surface area contributed by atoms with Crippen molar-refractivity contribution in [1.82, 2.24) is 9.97 Å². The Morgan fingerprint density at radius 3 is 2.71 bits per heavy atom. The van der Waals surface area contributed by atoms with Crippen LogP contribution in [0.5, 0.6) is 0 Å². The van der Waals surface area contributed by atoms with Gasteiger partial charge in [0.25, 0.3) is 0 Å².